The van der Waals surface area contributed by atoms with Gasteiger partial charge in [0.1, 0.15) is 0 Å². The molecule has 1 amide bonds. The molecular formula is C30H38N2O3. The maximum Gasteiger partial charge on any atom is 0.309 e. The van der Waals surface area contributed by atoms with E-state index in [0.717, 1.165) is 75.5 Å². The first kappa shape index (κ1) is 22.9. The number of carbonyl (C=O) groups excluding carboxylic acids is 1. The number of nitrogens with zero attached hydrogens (tertiary/aromatic N) is 1. The summed E-state index contributed by atoms with van der Waals surface area (Å²) in [4.78, 5) is 31.3. The second-order valence-electron chi connectivity index (χ2n) is 12.5. The van der Waals surface area contributed by atoms with E-state index >= 15 is 0 Å². The molecule has 1 aromatic carbocycles. The third kappa shape index (κ3) is 3.12. The molecule has 0 saturated heterocycles. The first-order valence-electron chi connectivity index (χ1n) is 13.5. The highest BCUT2D eigenvalue weighted by Crippen LogP contribution is 2.68. The molecule has 2 N–H and O–H groups in total. The van der Waals surface area contributed by atoms with Crippen LogP contribution in [0.5, 0.6) is 0 Å². The van der Waals surface area contributed by atoms with Gasteiger partial charge in [0.2, 0.25) is 5.91 Å². The number of hydrogen-bond acceptors (Lipinski definition) is 2. The molecule has 0 radical (unpaired) electrons. The Morgan fingerprint density at radius 1 is 1.11 bits per heavy atom. The van der Waals surface area contributed by atoms with Crippen LogP contribution in [0.3, 0.4) is 0 Å². The third-order valence-corrected chi connectivity index (χ3v) is 10.9. The van der Waals surface area contributed by atoms with E-state index in [1.807, 2.05) is 13.0 Å². The summed E-state index contributed by atoms with van der Waals surface area (Å²) in [5, 5.41) is 11.4. The van der Waals surface area contributed by atoms with Crippen LogP contribution in [0.25, 0.3) is 10.9 Å². The molecule has 186 valence electrons. The quantitative estimate of drug-likeness (QED) is 0.574. The van der Waals surface area contributed by atoms with Crippen molar-refractivity contribution in [3.05, 3.63) is 47.2 Å². The molecule has 1 aliphatic heterocycles. The summed E-state index contributed by atoms with van der Waals surface area (Å²) in [6.07, 6.45) is 9.65. The van der Waals surface area contributed by atoms with Crippen LogP contribution in [0.2, 0.25) is 0 Å². The molecule has 3 aliphatic carbocycles. The molecule has 5 nitrogen and oxygen atoms in total. The van der Waals surface area contributed by atoms with Gasteiger partial charge in [-0.25, -0.2) is 0 Å². The van der Waals surface area contributed by atoms with Gasteiger partial charge < -0.3 is 15.0 Å². The summed E-state index contributed by atoms with van der Waals surface area (Å²) in [6.45, 7) is 8.28. The number of carboxylic acids is 1. The lowest BCUT2D eigenvalue weighted by Crippen LogP contribution is -2.58. The number of para-hydroxylation sites is 1. The lowest BCUT2D eigenvalue weighted by molar-refractivity contribution is -0.175. The maximum atomic E-state index is 13.5. The predicted molar refractivity (Wildman–Crippen MR) is 137 cm³/mol. The minimum absolute atomic E-state index is 0.000772. The van der Waals surface area contributed by atoms with Crippen LogP contribution in [-0.4, -0.2) is 40.0 Å². The van der Waals surface area contributed by atoms with E-state index in [9.17, 15) is 14.7 Å². The van der Waals surface area contributed by atoms with Gasteiger partial charge in [-0.3, -0.25) is 9.59 Å². The van der Waals surface area contributed by atoms with E-state index in [1.165, 1.54) is 16.5 Å². The molecule has 5 atom stereocenters. The van der Waals surface area contributed by atoms with E-state index in [-0.39, 0.29) is 22.7 Å². The topological polar surface area (TPSA) is 73.4 Å². The highest BCUT2D eigenvalue weighted by atomic mass is 16.4. The molecule has 35 heavy (non-hydrogen) atoms. The van der Waals surface area contributed by atoms with Gasteiger partial charge in [-0.05, 0) is 91.7 Å². The number of amides is 1. The number of aliphatic carboxylic acids is 1. The lowest BCUT2D eigenvalue weighted by Gasteiger charge is -2.63. The van der Waals surface area contributed by atoms with Gasteiger partial charge in [0.15, 0.2) is 0 Å². The van der Waals surface area contributed by atoms with Crippen LogP contribution in [0.4, 0.5) is 0 Å². The average Bonchev–Trinajstić information content (AvgIpc) is 3.39. The van der Waals surface area contributed by atoms with Crippen LogP contribution in [0.1, 0.15) is 71.3 Å². The number of carboxylic acid groups (broad SMARTS) is 1. The Kier molecular flexibility index (Phi) is 5.04. The van der Waals surface area contributed by atoms with E-state index < -0.39 is 11.4 Å². The monoisotopic (exact) mass is 474 g/mol. The minimum atomic E-state index is -0.625. The van der Waals surface area contributed by atoms with Crippen LogP contribution in [0.15, 0.2) is 41.6 Å². The van der Waals surface area contributed by atoms with Gasteiger partial charge in [-0.2, -0.15) is 0 Å². The number of rotatable bonds is 4. The number of fused-ring (bicyclic) bond motifs is 5. The predicted octanol–water partition coefficient (Wildman–Crippen LogP) is 5.96. The molecule has 6 rings (SSSR count). The molecule has 2 aromatic rings. The minimum Gasteiger partial charge on any atom is -0.481 e. The summed E-state index contributed by atoms with van der Waals surface area (Å²) in [7, 11) is 0. The normalized spacial score (nSPS) is 36.8. The third-order valence-electron chi connectivity index (χ3n) is 10.9. The molecule has 2 heterocycles. The molecular weight excluding hydrogens is 436 g/mol. The van der Waals surface area contributed by atoms with Gasteiger partial charge in [0.25, 0.3) is 0 Å². The maximum absolute atomic E-state index is 13.5. The molecule has 0 spiro atoms. The molecule has 4 aliphatic rings. The largest absolute Gasteiger partial charge is 0.481 e. The number of benzene rings is 1. The summed E-state index contributed by atoms with van der Waals surface area (Å²) in [5.41, 5.74) is 4.26. The second-order valence-corrected chi connectivity index (χ2v) is 12.5. The number of H-pyrrole nitrogens is 1. The second kappa shape index (κ2) is 7.72. The standard InChI is InChI=1S/C30H38N2O3/c1-28-15-11-25-29(2,13-6-14-30(25,3)27(34)35)24(28)10-9-21-22(28)18-32(26(21)33)16-12-19-17-31-23-8-5-4-7-20(19)23/h4-5,7-8,17,24-25,31H,6,9-16,18H2,1-3H3,(H,34,35)/t24-,25+,28-,29+,30-/m0/s1. The Bertz CT molecular complexity index is 1240. The van der Waals surface area contributed by atoms with Crippen molar-refractivity contribution in [2.24, 2.45) is 28.1 Å². The summed E-state index contributed by atoms with van der Waals surface area (Å²) in [6, 6.07) is 8.36. The van der Waals surface area contributed by atoms with Crippen LogP contribution >= 0.6 is 0 Å². The first-order valence-corrected chi connectivity index (χ1v) is 13.5. The molecule has 2 saturated carbocycles. The Hall–Kier alpha value is -2.56. The van der Waals surface area contributed by atoms with Crippen LogP contribution in [-0.2, 0) is 16.0 Å². The summed E-state index contributed by atoms with van der Waals surface area (Å²) < 4.78 is 0. The Balaban J connectivity index is 1.25. The molecule has 5 heteroatoms. The molecule has 2 fully saturated rings. The van der Waals surface area contributed by atoms with E-state index in [4.69, 9.17) is 0 Å². The number of nitrogens with one attached hydrogen (secondary N) is 1. The van der Waals surface area contributed by atoms with Crippen molar-refractivity contribution in [1.29, 1.82) is 0 Å². The van der Waals surface area contributed by atoms with Crippen molar-refractivity contribution in [3.8, 4) is 0 Å². The van der Waals surface area contributed by atoms with Gasteiger partial charge in [-0.1, -0.05) is 38.5 Å². The van der Waals surface area contributed by atoms with Crippen molar-refractivity contribution < 1.29 is 14.7 Å². The Morgan fingerprint density at radius 2 is 1.91 bits per heavy atom. The number of carbonyl (C=O) groups is 2. The van der Waals surface area contributed by atoms with E-state index in [0.29, 0.717) is 5.92 Å². The van der Waals surface area contributed by atoms with E-state index in [2.05, 4.69) is 48.1 Å². The first-order chi connectivity index (χ1) is 16.7. The lowest BCUT2D eigenvalue weighted by atomic mass is 9.40. The average molecular weight is 475 g/mol. The van der Waals surface area contributed by atoms with Crippen molar-refractivity contribution in [2.75, 3.05) is 13.1 Å². The highest BCUT2D eigenvalue weighted by Gasteiger charge is 2.63. The van der Waals surface area contributed by atoms with Gasteiger partial charge in [0.05, 0.1) is 5.41 Å². The SMILES string of the molecule is C[C@]12CCC[C@](C)(C(=O)O)[C@@H]1CC[C@@]1(C)C3=C(CC[C@H]21)C(=O)N(CCc1c[nH]c2ccccc12)C3. The zero-order valence-corrected chi connectivity index (χ0v) is 21.3. The van der Waals surface area contributed by atoms with Crippen molar-refractivity contribution in [3.63, 3.8) is 0 Å². The zero-order valence-electron chi connectivity index (χ0n) is 21.3. The zero-order chi connectivity index (χ0) is 24.6. The fraction of sp³-hybridized carbons (Fsp3) is 0.600. The summed E-state index contributed by atoms with van der Waals surface area (Å²) >= 11 is 0. The molecule has 0 unspecified atom stereocenters. The number of aromatic nitrogens is 1. The van der Waals surface area contributed by atoms with Gasteiger partial charge >= 0.3 is 5.97 Å². The van der Waals surface area contributed by atoms with Gasteiger partial charge in [-0.15, -0.1) is 0 Å². The van der Waals surface area contributed by atoms with Crippen LogP contribution < -0.4 is 0 Å². The van der Waals surface area contributed by atoms with Gasteiger partial charge in [0, 0.05) is 35.8 Å². The van der Waals surface area contributed by atoms with Crippen molar-refractivity contribution >= 4 is 22.8 Å². The summed E-state index contributed by atoms with van der Waals surface area (Å²) in [5.74, 6) is 0.294. The number of aromatic amines is 1. The highest BCUT2D eigenvalue weighted by molar-refractivity contribution is 5.97. The van der Waals surface area contributed by atoms with E-state index in [1.54, 1.807) is 0 Å². The van der Waals surface area contributed by atoms with Crippen LogP contribution in [0, 0.1) is 28.1 Å². The van der Waals surface area contributed by atoms with Crippen molar-refractivity contribution in [2.45, 2.75) is 72.1 Å². The van der Waals surface area contributed by atoms with Crippen molar-refractivity contribution in [1.82, 2.24) is 9.88 Å². The fourth-order valence-corrected chi connectivity index (χ4v) is 9.11. The smallest absolute Gasteiger partial charge is 0.309 e. The number of hydrogen-bond donors (Lipinski definition) is 2. The Labute approximate surface area is 208 Å². The Morgan fingerprint density at radius 3 is 2.71 bits per heavy atom. The molecule has 0 bridgehead atoms. The fourth-order valence-electron chi connectivity index (χ4n) is 9.11. The molecule has 1 aromatic heterocycles.